The van der Waals surface area contributed by atoms with Gasteiger partial charge < -0.3 is 5.11 Å². The standard InChI is InChI=1S/C16H15FO/c17-15-8-4-3-7-14(15)16(18)13-10-9-11-5-1-2-6-12(11)13/h1-8,13,16,18H,9-10H2. The van der Waals surface area contributed by atoms with E-state index in [2.05, 4.69) is 6.07 Å². The predicted octanol–water partition coefficient (Wildman–Crippen LogP) is 3.59. The van der Waals surface area contributed by atoms with E-state index in [-0.39, 0.29) is 11.7 Å². The third kappa shape index (κ3) is 1.83. The van der Waals surface area contributed by atoms with Crippen LogP contribution in [0.4, 0.5) is 4.39 Å². The van der Waals surface area contributed by atoms with Crippen molar-refractivity contribution in [1.82, 2.24) is 0 Å². The van der Waals surface area contributed by atoms with E-state index in [1.54, 1.807) is 18.2 Å². The number of hydrogen-bond donors (Lipinski definition) is 1. The Hall–Kier alpha value is -1.67. The zero-order chi connectivity index (χ0) is 12.5. The molecule has 1 nitrogen and oxygen atoms in total. The summed E-state index contributed by atoms with van der Waals surface area (Å²) in [6, 6.07) is 14.6. The minimum atomic E-state index is -0.755. The van der Waals surface area contributed by atoms with E-state index < -0.39 is 6.10 Å². The number of aryl methyl sites for hydroxylation is 1. The van der Waals surface area contributed by atoms with Crippen LogP contribution in [-0.4, -0.2) is 5.11 Å². The molecule has 1 aliphatic carbocycles. The second-order valence-electron chi connectivity index (χ2n) is 4.81. The van der Waals surface area contributed by atoms with Gasteiger partial charge in [0.25, 0.3) is 0 Å². The highest BCUT2D eigenvalue weighted by atomic mass is 19.1. The molecule has 0 saturated carbocycles. The summed E-state index contributed by atoms with van der Waals surface area (Å²) in [7, 11) is 0. The molecule has 0 saturated heterocycles. The Bertz CT molecular complexity index is 565. The Kier molecular flexibility index (Phi) is 2.88. The Morgan fingerprint density at radius 2 is 1.78 bits per heavy atom. The van der Waals surface area contributed by atoms with Crippen molar-refractivity contribution in [3.05, 3.63) is 71.0 Å². The second-order valence-corrected chi connectivity index (χ2v) is 4.81. The molecule has 2 aromatic rings. The average molecular weight is 242 g/mol. The molecule has 0 spiro atoms. The molecule has 92 valence electrons. The van der Waals surface area contributed by atoms with E-state index in [4.69, 9.17) is 0 Å². The van der Waals surface area contributed by atoms with Crippen molar-refractivity contribution >= 4 is 0 Å². The zero-order valence-corrected chi connectivity index (χ0v) is 10.0. The molecule has 3 rings (SSSR count). The highest BCUT2D eigenvalue weighted by molar-refractivity contribution is 5.37. The van der Waals surface area contributed by atoms with Gasteiger partial charge in [-0.25, -0.2) is 4.39 Å². The van der Waals surface area contributed by atoms with Crippen LogP contribution in [0.1, 0.15) is 35.1 Å². The van der Waals surface area contributed by atoms with E-state index in [9.17, 15) is 9.50 Å². The van der Waals surface area contributed by atoms with Gasteiger partial charge in [0.2, 0.25) is 0 Å². The molecule has 0 aromatic heterocycles. The molecular formula is C16H15FO. The molecule has 2 unspecified atom stereocenters. The van der Waals surface area contributed by atoms with Crippen LogP contribution in [0.25, 0.3) is 0 Å². The van der Waals surface area contributed by atoms with E-state index >= 15 is 0 Å². The van der Waals surface area contributed by atoms with Gasteiger partial charge in [0, 0.05) is 11.5 Å². The Morgan fingerprint density at radius 1 is 1.06 bits per heavy atom. The van der Waals surface area contributed by atoms with Crippen molar-refractivity contribution in [1.29, 1.82) is 0 Å². The second kappa shape index (κ2) is 4.54. The fraction of sp³-hybridized carbons (Fsp3) is 0.250. The predicted molar refractivity (Wildman–Crippen MR) is 68.9 cm³/mol. The third-order valence-corrected chi connectivity index (χ3v) is 3.78. The largest absolute Gasteiger partial charge is 0.388 e. The molecule has 2 heteroatoms. The maximum atomic E-state index is 13.7. The number of benzene rings is 2. The lowest BCUT2D eigenvalue weighted by molar-refractivity contribution is 0.140. The van der Waals surface area contributed by atoms with Crippen LogP contribution in [0, 0.1) is 5.82 Å². The summed E-state index contributed by atoms with van der Waals surface area (Å²) in [6.45, 7) is 0. The smallest absolute Gasteiger partial charge is 0.129 e. The van der Waals surface area contributed by atoms with Crippen molar-refractivity contribution in [2.75, 3.05) is 0 Å². The summed E-state index contributed by atoms with van der Waals surface area (Å²) in [6.07, 6.45) is 1.09. The highest BCUT2D eigenvalue weighted by Gasteiger charge is 2.30. The average Bonchev–Trinajstić information content (AvgIpc) is 2.82. The SMILES string of the molecule is OC(c1ccccc1F)C1CCc2ccccc21. The fourth-order valence-electron chi connectivity index (χ4n) is 2.85. The van der Waals surface area contributed by atoms with Crippen LogP contribution in [0.2, 0.25) is 0 Å². The van der Waals surface area contributed by atoms with Crippen LogP contribution in [0.3, 0.4) is 0 Å². The molecule has 0 heterocycles. The Balaban J connectivity index is 1.96. The van der Waals surface area contributed by atoms with Crippen LogP contribution in [-0.2, 0) is 6.42 Å². The van der Waals surface area contributed by atoms with Crippen LogP contribution < -0.4 is 0 Å². The van der Waals surface area contributed by atoms with Gasteiger partial charge in [-0.3, -0.25) is 0 Å². The molecule has 2 aromatic carbocycles. The first-order valence-corrected chi connectivity index (χ1v) is 6.27. The molecule has 2 atom stereocenters. The first-order valence-electron chi connectivity index (χ1n) is 6.27. The summed E-state index contributed by atoms with van der Waals surface area (Å²) < 4.78 is 13.7. The minimum Gasteiger partial charge on any atom is -0.388 e. The summed E-state index contributed by atoms with van der Waals surface area (Å²) in [5, 5.41) is 10.4. The lowest BCUT2D eigenvalue weighted by Gasteiger charge is -2.20. The molecule has 0 fully saturated rings. The number of fused-ring (bicyclic) bond motifs is 1. The third-order valence-electron chi connectivity index (χ3n) is 3.78. The Labute approximate surface area is 106 Å². The molecule has 0 aliphatic heterocycles. The monoisotopic (exact) mass is 242 g/mol. The van der Waals surface area contributed by atoms with E-state index in [1.807, 2.05) is 18.2 Å². The number of rotatable bonds is 2. The Morgan fingerprint density at radius 3 is 2.61 bits per heavy atom. The number of halogens is 1. The maximum absolute atomic E-state index is 13.7. The summed E-state index contributed by atoms with van der Waals surface area (Å²) in [5.41, 5.74) is 2.84. The fourth-order valence-corrected chi connectivity index (χ4v) is 2.85. The molecular weight excluding hydrogens is 227 g/mol. The normalized spacial score (nSPS) is 19.6. The molecule has 1 aliphatic rings. The van der Waals surface area contributed by atoms with Crippen molar-refractivity contribution in [3.63, 3.8) is 0 Å². The van der Waals surface area contributed by atoms with E-state index in [1.165, 1.54) is 11.6 Å². The molecule has 0 bridgehead atoms. The maximum Gasteiger partial charge on any atom is 0.129 e. The van der Waals surface area contributed by atoms with E-state index in [0.717, 1.165) is 18.4 Å². The van der Waals surface area contributed by atoms with Gasteiger partial charge >= 0.3 is 0 Å². The first kappa shape index (κ1) is 11.4. The van der Waals surface area contributed by atoms with Gasteiger partial charge in [-0.2, -0.15) is 0 Å². The van der Waals surface area contributed by atoms with Gasteiger partial charge in [0.15, 0.2) is 0 Å². The van der Waals surface area contributed by atoms with Crippen molar-refractivity contribution in [2.45, 2.75) is 24.9 Å². The molecule has 0 radical (unpaired) electrons. The molecule has 1 N–H and O–H groups in total. The van der Waals surface area contributed by atoms with Crippen LogP contribution in [0.15, 0.2) is 48.5 Å². The number of hydrogen-bond acceptors (Lipinski definition) is 1. The number of aliphatic hydroxyl groups excluding tert-OH is 1. The first-order chi connectivity index (χ1) is 8.77. The van der Waals surface area contributed by atoms with Gasteiger partial charge in [0.1, 0.15) is 5.82 Å². The van der Waals surface area contributed by atoms with E-state index in [0.29, 0.717) is 5.56 Å². The molecule has 18 heavy (non-hydrogen) atoms. The lowest BCUT2D eigenvalue weighted by Crippen LogP contribution is -2.09. The van der Waals surface area contributed by atoms with Gasteiger partial charge in [-0.1, -0.05) is 42.5 Å². The quantitative estimate of drug-likeness (QED) is 0.853. The topological polar surface area (TPSA) is 20.2 Å². The van der Waals surface area contributed by atoms with Gasteiger partial charge in [-0.15, -0.1) is 0 Å². The van der Waals surface area contributed by atoms with Crippen LogP contribution >= 0.6 is 0 Å². The highest BCUT2D eigenvalue weighted by Crippen LogP contribution is 2.41. The van der Waals surface area contributed by atoms with Crippen molar-refractivity contribution in [3.8, 4) is 0 Å². The van der Waals surface area contributed by atoms with Gasteiger partial charge in [0.05, 0.1) is 6.10 Å². The van der Waals surface area contributed by atoms with Crippen molar-refractivity contribution < 1.29 is 9.50 Å². The van der Waals surface area contributed by atoms with Crippen molar-refractivity contribution in [2.24, 2.45) is 0 Å². The summed E-state index contributed by atoms with van der Waals surface area (Å²) in [4.78, 5) is 0. The van der Waals surface area contributed by atoms with Crippen LogP contribution in [0.5, 0.6) is 0 Å². The zero-order valence-electron chi connectivity index (χ0n) is 10.0. The molecule has 0 amide bonds. The summed E-state index contributed by atoms with van der Waals surface area (Å²) >= 11 is 0. The lowest BCUT2D eigenvalue weighted by atomic mass is 9.90. The minimum absolute atomic E-state index is 0.0121. The number of aliphatic hydroxyl groups is 1. The van der Waals surface area contributed by atoms with Gasteiger partial charge in [-0.05, 0) is 30.0 Å². The summed E-state index contributed by atoms with van der Waals surface area (Å²) in [5.74, 6) is -0.313.